The molecular weight excluding hydrogens is 340 g/mol. The van der Waals surface area contributed by atoms with Gasteiger partial charge in [-0.2, -0.15) is 0 Å². The summed E-state index contributed by atoms with van der Waals surface area (Å²) < 4.78 is 6.38. The first-order chi connectivity index (χ1) is 13.0. The summed E-state index contributed by atoms with van der Waals surface area (Å²) in [7, 11) is 2.05. The van der Waals surface area contributed by atoms with Crippen LogP contribution in [0.3, 0.4) is 0 Å². The predicted molar refractivity (Wildman–Crippen MR) is 107 cm³/mol. The Kier molecular flexibility index (Phi) is 7.71. The number of amides is 1. The minimum Gasteiger partial charge on any atom is -0.375 e. The monoisotopic (exact) mass is 378 g/mol. The third kappa shape index (κ3) is 6.02. The van der Waals surface area contributed by atoms with Gasteiger partial charge in [-0.15, -0.1) is 0 Å². The number of Topliss-reactive ketones (excluding diaryl/α,β-unsaturated/α-hetero) is 1. The fourth-order valence-corrected chi connectivity index (χ4v) is 5.26. The number of nitrogens with one attached hydrogen (secondary N) is 2. The standard InChI is InChI=1S/C22H38N2O3/c1-15(25)16-5-3-6-17(13-16)22(26)24-18-9-11-20(12-10-18)27-21-8-4-7-19(14-21)23-2/h16-21,23H,3-14H2,1-2H3,(H,24,26). The Hall–Kier alpha value is -0.940. The second kappa shape index (κ2) is 10.0. The molecule has 0 saturated heterocycles. The molecule has 3 fully saturated rings. The van der Waals surface area contributed by atoms with E-state index in [4.69, 9.17) is 4.74 Å². The van der Waals surface area contributed by atoms with Gasteiger partial charge in [0, 0.05) is 23.9 Å². The van der Waals surface area contributed by atoms with Gasteiger partial charge in [0.05, 0.1) is 12.2 Å². The molecule has 3 rings (SSSR count). The molecule has 0 spiro atoms. The molecule has 0 aromatic heterocycles. The second-order valence-corrected chi connectivity index (χ2v) is 9.06. The van der Waals surface area contributed by atoms with Crippen LogP contribution < -0.4 is 10.6 Å². The van der Waals surface area contributed by atoms with Crippen molar-refractivity contribution in [3.63, 3.8) is 0 Å². The highest BCUT2D eigenvalue weighted by atomic mass is 16.5. The Morgan fingerprint density at radius 1 is 0.778 bits per heavy atom. The van der Waals surface area contributed by atoms with Crippen LogP contribution in [-0.2, 0) is 14.3 Å². The fourth-order valence-electron chi connectivity index (χ4n) is 5.26. The van der Waals surface area contributed by atoms with E-state index in [0.717, 1.165) is 57.8 Å². The van der Waals surface area contributed by atoms with Crippen LogP contribution in [0.5, 0.6) is 0 Å². The number of carbonyl (C=O) groups excluding carboxylic acids is 2. The van der Waals surface area contributed by atoms with Crippen molar-refractivity contribution in [2.75, 3.05) is 7.05 Å². The number of hydrogen-bond donors (Lipinski definition) is 2. The predicted octanol–water partition coefficient (Wildman–Crippen LogP) is 3.36. The van der Waals surface area contributed by atoms with E-state index in [-0.39, 0.29) is 29.6 Å². The van der Waals surface area contributed by atoms with Gasteiger partial charge in [0.25, 0.3) is 0 Å². The summed E-state index contributed by atoms with van der Waals surface area (Å²) in [5.41, 5.74) is 0. The summed E-state index contributed by atoms with van der Waals surface area (Å²) in [6.07, 6.45) is 13.4. The molecule has 1 amide bonds. The van der Waals surface area contributed by atoms with Crippen molar-refractivity contribution in [3.8, 4) is 0 Å². The molecular formula is C22H38N2O3. The second-order valence-electron chi connectivity index (χ2n) is 9.06. The van der Waals surface area contributed by atoms with Crippen LogP contribution in [0.25, 0.3) is 0 Å². The molecule has 2 N–H and O–H groups in total. The number of carbonyl (C=O) groups is 2. The maximum absolute atomic E-state index is 12.6. The van der Waals surface area contributed by atoms with Gasteiger partial charge in [-0.3, -0.25) is 9.59 Å². The lowest BCUT2D eigenvalue weighted by molar-refractivity contribution is -0.129. The molecule has 3 aliphatic rings. The minimum absolute atomic E-state index is 0.0299. The van der Waals surface area contributed by atoms with Crippen LogP contribution >= 0.6 is 0 Å². The van der Waals surface area contributed by atoms with Gasteiger partial charge in [-0.1, -0.05) is 6.42 Å². The van der Waals surface area contributed by atoms with Crippen molar-refractivity contribution in [2.45, 2.75) is 108 Å². The van der Waals surface area contributed by atoms with Crippen LogP contribution in [-0.4, -0.2) is 43.0 Å². The van der Waals surface area contributed by atoms with Gasteiger partial charge in [0.2, 0.25) is 5.91 Å². The van der Waals surface area contributed by atoms with Gasteiger partial charge in [0.15, 0.2) is 0 Å². The lowest BCUT2D eigenvalue weighted by Gasteiger charge is -2.36. The molecule has 154 valence electrons. The molecule has 5 heteroatoms. The summed E-state index contributed by atoms with van der Waals surface area (Å²) in [6, 6.07) is 0.889. The zero-order chi connectivity index (χ0) is 19.2. The van der Waals surface area contributed by atoms with Crippen LogP contribution in [0.1, 0.15) is 84.0 Å². The van der Waals surface area contributed by atoms with E-state index < -0.39 is 0 Å². The third-order valence-electron chi connectivity index (χ3n) is 7.06. The van der Waals surface area contributed by atoms with Crippen molar-refractivity contribution in [2.24, 2.45) is 11.8 Å². The summed E-state index contributed by atoms with van der Waals surface area (Å²) in [4.78, 5) is 24.3. The lowest BCUT2D eigenvalue weighted by Crippen LogP contribution is -2.44. The summed E-state index contributed by atoms with van der Waals surface area (Å²) in [5, 5.41) is 6.66. The molecule has 0 aromatic carbocycles. The van der Waals surface area contributed by atoms with Crippen molar-refractivity contribution in [3.05, 3.63) is 0 Å². The topological polar surface area (TPSA) is 67.4 Å². The quantitative estimate of drug-likeness (QED) is 0.744. The van der Waals surface area contributed by atoms with E-state index in [9.17, 15) is 9.59 Å². The highest BCUT2D eigenvalue weighted by Crippen LogP contribution is 2.31. The van der Waals surface area contributed by atoms with Crippen LogP contribution in [0, 0.1) is 11.8 Å². The fraction of sp³-hybridized carbons (Fsp3) is 0.909. The van der Waals surface area contributed by atoms with E-state index >= 15 is 0 Å². The molecule has 3 aliphatic carbocycles. The Balaban J connectivity index is 1.37. The first kappa shape index (κ1) is 20.8. The van der Waals surface area contributed by atoms with Gasteiger partial charge >= 0.3 is 0 Å². The summed E-state index contributed by atoms with van der Waals surface area (Å²) in [6.45, 7) is 1.66. The number of ketones is 1. The van der Waals surface area contributed by atoms with Crippen LogP contribution in [0.4, 0.5) is 0 Å². The Bertz CT molecular complexity index is 502. The van der Waals surface area contributed by atoms with E-state index in [1.807, 2.05) is 7.05 Å². The van der Waals surface area contributed by atoms with Crippen molar-refractivity contribution in [1.29, 1.82) is 0 Å². The third-order valence-corrected chi connectivity index (χ3v) is 7.06. The molecule has 4 atom stereocenters. The normalized spacial score (nSPS) is 37.6. The lowest BCUT2D eigenvalue weighted by atomic mass is 9.79. The van der Waals surface area contributed by atoms with E-state index in [2.05, 4.69) is 10.6 Å². The molecule has 4 unspecified atom stereocenters. The van der Waals surface area contributed by atoms with Crippen molar-refractivity contribution < 1.29 is 14.3 Å². The van der Waals surface area contributed by atoms with E-state index in [0.29, 0.717) is 18.2 Å². The Morgan fingerprint density at radius 3 is 2.19 bits per heavy atom. The van der Waals surface area contributed by atoms with Gasteiger partial charge < -0.3 is 15.4 Å². The highest BCUT2D eigenvalue weighted by molar-refractivity contribution is 5.82. The average molecular weight is 379 g/mol. The highest BCUT2D eigenvalue weighted by Gasteiger charge is 2.32. The average Bonchev–Trinajstić information content (AvgIpc) is 2.69. The smallest absolute Gasteiger partial charge is 0.223 e. The zero-order valence-corrected chi connectivity index (χ0v) is 17.2. The first-order valence-corrected chi connectivity index (χ1v) is 11.2. The minimum atomic E-state index is 0.0299. The Labute approximate surface area is 164 Å². The van der Waals surface area contributed by atoms with Crippen molar-refractivity contribution in [1.82, 2.24) is 10.6 Å². The molecule has 0 aliphatic heterocycles. The molecule has 0 bridgehead atoms. The number of rotatable bonds is 6. The molecule has 3 saturated carbocycles. The molecule has 0 heterocycles. The maximum atomic E-state index is 12.6. The number of hydrogen-bond acceptors (Lipinski definition) is 4. The van der Waals surface area contributed by atoms with Gasteiger partial charge in [-0.25, -0.2) is 0 Å². The van der Waals surface area contributed by atoms with Crippen molar-refractivity contribution >= 4 is 11.7 Å². The summed E-state index contributed by atoms with van der Waals surface area (Å²) in [5.74, 6) is 0.542. The first-order valence-electron chi connectivity index (χ1n) is 11.2. The maximum Gasteiger partial charge on any atom is 0.223 e. The number of ether oxygens (including phenoxy) is 1. The van der Waals surface area contributed by atoms with Crippen LogP contribution in [0.2, 0.25) is 0 Å². The molecule has 5 nitrogen and oxygen atoms in total. The summed E-state index contributed by atoms with van der Waals surface area (Å²) >= 11 is 0. The molecule has 0 radical (unpaired) electrons. The zero-order valence-electron chi connectivity index (χ0n) is 17.2. The SMILES string of the molecule is CNC1CCCC(OC2CCC(NC(=O)C3CCCC(C(C)=O)C3)CC2)C1. The van der Waals surface area contributed by atoms with Gasteiger partial charge in [0.1, 0.15) is 5.78 Å². The molecule has 0 aromatic rings. The molecule has 27 heavy (non-hydrogen) atoms. The van der Waals surface area contributed by atoms with E-state index in [1.165, 1.54) is 19.3 Å². The Morgan fingerprint density at radius 2 is 1.48 bits per heavy atom. The largest absolute Gasteiger partial charge is 0.375 e. The van der Waals surface area contributed by atoms with Gasteiger partial charge in [-0.05, 0) is 84.6 Å². The van der Waals surface area contributed by atoms with Crippen LogP contribution in [0.15, 0.2) is 0 Å². The van der Waals surface area contributed by atoms with E-state index in [1.54, 1.807) is 6.92 Å².